The Hall–Kier alpha value is -1.71. The van der Waals surface area contributed by atoms with Crippen LogP contribution in [0.1, 0.15) is 16.1 Å². The van der Waals surface area contributed by atoms with E-state index in [1.54, 1.807) is 0 Å². The Balaban J connectivity index is 2.28. The first kappa shape index (κ1) is 14.7. The molecule has 2 rings (SSSR count). The van der Waals surface area contributed by atoms with Crippen LogP contribution in [0, 0.1) is 0 Å². The van der Waals surface area contributed by atoms with Crippen LogP contribution in [0.4, 0.5) is 0 Å². The van der Waals surface area contributed by atoms with E-state index < -0.39 is 16.0 Å². The summed E-state index contributed by atoms with van der Waals surface area (Å²) < 4.78 is 31.6. The maximum Gasteiger partial charge on any atom is 0.335 e. The number of benzene rings is 1. The molecule has 0 spiro atoms. The Morgan fingerprint density at radius 1 is 1.40 bits per heavy atom. The number of carboxylic acid groups (broad SMARTS) is 1. The molecule has 0 fully saturated rings. The second-order valence-corrected chi connectivity index (χ2v) is 6.34. The van der Waals surface area contributed by atoms with E-state index in [1.807, 2.05) is 0 Å². The van der Waals surface area contributed by atoms with Crippen LogP contribution >= 0.6 is 15.9 Å². The zero-order valence-electron chi connectivity index (χ0n) is 9.91. The highest BCUT2D eigenvalue weighted by atomic mass is 79.9. The molecule has 20 heavy (non-hydrogen) atoms. The predicted octanol–water partition coefficient (Wildman–Crippen LogP) is 1.61. The molecule has 0 radical (unpaired) electrons. The van der Waals surface area contributed by atoms with Gasteiger partial charge in [0, 0.05) is 10.5 Å². The van der Waals surface area contributed by atoms with Gasteiger partial charge in [0.25, 0.3) is 0 Å². The minimum Gasteiger partial charge on any atom is -0.478 e. The van der Waals surface area contributed by atoms with E-state index in [-0.39, 0.29) is 21.5 Å². The molecule has 0 saturated carbocycles. The normalized spacial score (nSPS) is 11.4. The summed E-state index contributed by atoms with van der Waals surface area (Å²) in [6.45, 7) is -0.0773. The lowest BCUT2D eigenvalue weighted by atomic mass is 10.2. The molecule has 0 atom stereocenters. The Bertz CT molecular complexity index is 727. The standard InChI is InChI=1S/C11H9BrN2O5S/c12-9-2-1-7(11(15)16)5-10(9)20(17,18)14-6-8-3-4-13-19-8/h1-5,14H,6H2,(H,15,16). The van der Waals surface area contributed by atoms with Gasteiger partial charge in [-0.05, 0) is 34.1 Å². The van der Waals surface area contributed by atoms with Gasteiger partial charge in [-0.2, -0.15) is 0 Å². The lowest BCUT2D eigenvalue weighted by Crippen LogP contribution is -2.23. The minimum absolute atomic E-state index is 0.0773. The van der Waals surface area contributed by atoms with Crippen LogP contribution in [0.5, 0.6) is 0 Å². The van der Waals surface area contributed by atoms with Gasteiger partial charge in [0.15, 0.2) is 5.76 Å². The van der Waals surface area contributed by atoms with E-state index in [9.17, 15) is 13.2 Å². The summed E-state index contributed by atoms with van der Waals surface area (Å²) in [5.41, 5.74) is -0.117. The molecule has 1 aromatic heterocycles. The Morgan fingerprint density at radius 2 is 2.15 bits per heavy atom. The van der Waals surface area contributed by atoms with Crippen LogP contribution in [0.2, 0.25) is 0 Å². The van der Waals surface area contributed by atoms with Crippen molar-refractivity contribution in [2.45, 2.75) is 11.4 Å². The molecule has 106 valence electrons. The van der Waals surface area contributed by atoms with E-state index in [2.05, 4.69) is 25.8 Å². The molecule has 1 heterocycles. The van der Waals surface area contributed by atoms with Crippen molar-refractivity contribution in [3.8, 4) is 0 Å². The SMILES string of the molecule is O=C(O)c1ccc(Br)c(S(=O)(=O)NCc2ccno2)c1. The smallest absolute Gasteiger partial charge is 0.335 e. The molecule has 7 nitrogen and oxygen atoms in total. The largest absolute Gasteiger partial charge is 0.478 e. The third-order valence-corrected chi connectivity index (χ3v) is 4.79. The summed E-state index contributed by atoms with van der Waals surface area (Å²) in [5.74, 6) is -0.858. The summed E-state index contributed by atoms with van der Waals surface area (Å²) in [7, 11) is -3.87. The third-order valence-electron chi connectivity index (χ3n) is 2.40. The Morgan fingerprint density at radius 3 is 2.75 bits per heavy atom. The first-order valence-corrected chi connectivity index (χ1v) is 7.60. The number of carbonyl (C=O) groups is 1. The van der Waals surface area contributed by atoms with Gasteiger partial charge in [-0.1, -0.05) is 5.16 Å². The highest BCUT2D eigenvalue weighted by Crippen LogP contribution is 2.23. The van der Waals surface area contributed by atoms with Crippen molar-refractivity contribution < 1.29 is 22.8 Å². The average molecular weight is 361 g/mol. The van der Waals surface area contributed by atoms with Crippen LogP contribution in [0.15, 0.2) is 44.4 Å². The van der Waals surface area contributed by atoms with Crippen molar-refractivity contribution >= 4 is 31.9 Å². The molecule has 0 saturated heterocycles. The van der Waals surface area contributed by atoms with Crippen molar-refractivity contribution in [1.82, 2.24) is 9.88 Å². The maximum absolute atomic E-state index is 12.1. The van der Waals surface area contributed by atoms with Crippen LogP contribution in [0.25, 0.3) is 0 Å². The highest BCUT2D eigenvalue weighted by molar-refractivity contribution is 9.10. The number of hydrogen-bond acceptors (Lipinski definition) is 5. The van der Waals surface area contributed by atoms with E-state index in [4.69, 9.17) is 9.63 Å². The predicted molar refractivity (Wildman–Crippen MR) is 71.6 cm³/mol. The van der Waals surface area contributed by atoms with Crippen molar-refractivity contribution in [3.63, 3.8) is 0 Å². The number of nitrogens with zero attached hydrogens (tertiary/aromatic N) is 1. The lowest BCUT2D eigenvalue weighted by Gasteiger charge is -2.08. The number of nitrogens with one attached hydrogen (secondary N) is 1. The van der Waals surface area contributed by atoms with Gasteiger partial charge in [0.1, 0.15) is 0 Å². The number of aromatic carboxylic acids is 1. The van der Waals surface area contributed by atoms with Crippen molar-refractivity contribution in [2.24, 2.45) is 0 Å². The number of halogens is 1. The first-order chi connectivity index (χ1) is 9.40. The molecule has 0 amide bonds. The van der Waals surface area contributed by atoms with Crippen LogP contribution in [-0.2, 0) is 16.6 Å². The molecule has 0 aliphatic heterocycles. The second-order valence-electron chi connectivity index (χ2n) is 3.75. The number of hydrogen-bond donors (Lipinski definition) is 2. The van der Waals surface area contributed by atoms with Gasteiger partial charge in [-0.3, -0.25) is 0 Å². The molecular weight excluding hydrogens is 352 g/mol. The molecule has 2 N–H and O–H groups in total. The minimum atomic E-state index is -3.87. The first-order valence-electron chi connectivity index (χ1n) is 5.32. The van der Waals surface area contributed by atoms with E-state index in [0.29, 0.717) is 5.76 Å². The van der Waals surface area contributed by atoms with Gasteiger partial charge in [0.05, 0.1) is 23.2 Å². The summed E-state index contributed by atoms with van der Waals surface area (Å²) in [4.78, 5) is 10.7. The van der Waals surface area contributed by atoms with Crippen LogP contribution in [0.3, 0.4) is 0 Å². The molecule has 2 aromatic rings. The van der Waals surface area contributed by atoms with Gasteiger partial charge < -0.3 is 9.63 Å². The molecular formula is C11H9BrN2O5S. The van der Waals surface area contributed by atoms with Crippen LogP contribution in [-0.4, -0.2) is 24.7 Å². The summed E-state index contributed by atoms with van der Waals surface area (Å²) in [6.07, 6.45) is 1.39. The fourth-order valence-electron chi connectivity index (χ4n) is 1.42. The van der Waals surface area contributed by atoms with E-state index >= 15 is 0 Å². The van der Waals surface area contributed by atoms with Gasteiger partial charge in [-0.25, -0.2) is 17.9 Å². The highest BCUT2D eigenvalue weighted by Gasteiger charge is 2.20. The quantitative estimate of drug-likeness (QED) is 0.838. The monoisotopic (exact) mass is 360 g/mol. The zero-order valence-corrected chi connectivity index (χ0v) is 12.3. The summed E-state index contributed by atoms with van der Waals surface area (Å²) in [5, 5.41) is 12.3. The van der Waals surface area contributed by atoms with Crippen LogP contribution < -0.4 is 4.72 Å². The van der Waals surface area contributed by atoms with Gasteiger partial charge >= 0.3 is 5.97 Å². The van der Waals surface area contributed by atoms with Gasteiger partial charge in [0.2, 0.25) is 10.0 Å². The van der Waals surface area contributed by atoms with Gasteiger partial charge in [-0.15, -0.1) is 0 Å². The fraction of sp³-hybridized carbons (Fsp3) is 0.0909. The molecule has 0 aliphatic rings. The number of aromatic nitrogens is 1. The molecule has 0 bridgehead atoms. The van der Waals surface area contributed by atoms with Crippen molar-refractivity contribution in [1.29, 1.82) is 0 Å². The summed E-state index contributed by atoms with van der Waals surface area (Å²) in [6, 6.07) is 5.27. The molecule has 9 heteroatoms. The average Bonchev–Trinajstić information content (AvgIpc) is 2.89. The van der Waals surface area contributed by atoms with Crippen molar-refractivity contribution in [2.75, 3.05) is 0 Å². The summed E-state index contributed by atoms with van der Waals surface area (Å²) >= 11 is 3.09. The van der Waals surface area contributed by atoms with E-state index in [1.165, 1.54) is 24.4 Å². The number of carboxylic acids is 1. The topological polar surface area (TPSA) is 110 Å². The Labute approximate surface area is 122 Å². The maximum atomic E-state index is 12.1. The Kier molecular flexibility index (Phi) is 4.21. The molecule has 0 aliphatic carbocycles. The lowest BCUT2D eigenvalue weighted by molar-refractivity contribution is 0.0696. The number of rotatable bonds is 5. The fourth-order valence-corrected chi connectivity index (χ4v) is 3.40. The van der Waals surface area contributed by atoms with Crippen molar-refractivity contribution in [3.05, 3.63) is 46.3 Å². The zero-order chi connectivity index (χ0) is 14.8. The third kappa shape index (κ3) is 3.24. The molecule has 0 unspecified atom stereocenters. The molecule has 1 aromatic carbocycles. The second kappa shape index (κ2) is 5.73. The van der Waals surface area contributed by atoms with E-state index in [0.717, 1.165) is 6.07 Å². The number of sulfonamides is 1.